The van der Waals surface area contributed by atoms with Crippen LogP contribution < -0.4 is 0 Å². The first kappa shape index (κ1) is 10.1. The molecule has 0 fully saturated rings. The predicted molar refractivity (Wildman–Crippen MR) is 63.0 cm³/mol. The molecule has 0 bridgehead atoms. The molecule has 3 rings (SSSR count). The molecule has 0 radical (unpaired) electrons. The lowest BCUT2D eigenvalue weighted by atomic mass is 10.1. The third-order valence-electron chi connectivity index (χ3n) is 3.15. The van der Waals surface area contributed by atoms with E-state index in [-0.39, 0.29) is 11.5 Å². The number of rotatable bonds is 1. The fourth-order valence-electron chi connectivity index (χ4n) is 2.35. The summed E-state index contributed by atoms with van der Waals surface area (Å²) in [5.74, 6) is 0.332. The van der Waals surface area contributed by atoms with Crippen molar-refractivity contribution < 1.29 is 9.90 Å². The SMILES string of the molecule is Cn1nc(-c2cccc(O)c2)c2c1CCC2=O. The fourth-order valence-corrected chi connectivity index (χ4v) is 2.35. The first-order valence-corrected chi connectivity index (χ1v) is 5.55. The third kappa shape index (κ3) is 1.45. The molecule has 4 nitrogen and oxygen atoms in total. The van der Waals surface area contributed by atoms with Gasteiger partial charge in [0.05, 0.1) is 5.56 Å². The second-order valence-corrected chi connectivity index (χ2v) is 4.27. The van der Waals surface area contributed by atoms with Crippen molar-refractivity contribution in [1.29, 1.82) is 0 Å². The molecule has 1 N–H and O–H groups in total. The van der Waals surface area contributed by atoms with Gasteiger partial charge in [0.25, 0.3) is 0 Å². The minimum Gasteiger partial charge on any atom is -0.508 e. The van der Waals surface area contributed by atoms with Crippen LogP contribution in [0.3, 0.4) is 0 Å². The van der Waals surface area contributed by atoms with Crippen molar-refractivity contribution in [3.63, 3.8) is 0 Å². The number of aryl methyl sites for hydroxylation is 1. The van der Waals surface area contributed by atoms with Crippen LogP contribution in [0.25, 0.3) is 11.3 Å². The number of phenols is 1. The van der Waals surface area contributed by atoms with Gasteiger partial charge in [-0.1, -0.05) is 12.1 Å². The molecule has 1 aliphatic rings. The number of Topliss-reactive ketones (excluding diaryl/α,β-unsaturated/α-hetero) is 1. The molecule has 86 valence electrons. The normalized spacial score (nSPS) is 14.1. The Bertz CT molecular complexity index is 614. The van der Waals surface area contributed by atoms with Crippen LogP contribution in [0.2, 0.25) is 0 Å². The van der Waals surface area contributed by atoms with Crippen molar-refractivity contribution in [2.45, 2.75) is 12.8 Å². The summed E-state index contributed by atoms with van der Waals surface area (Å²) in [4.78, 5) is 11.8. The molecule has 0 amide bonds. The Morgan fingerprint density at radius 1 is 1.35 bits per heavy atom. The molecule has 0 aliphatic heterocycles. The zero-order valence-electron chi connectivity index (χ0n) is 9.47. The van der Waals surface area contributed by atoms with E-state index in [1.54, 1.807) is 22.9 Å². The standard InChI is InChI=1S/C13H12N2O2/c1-15-10-5-6-11(17)12(10)13(14-15)8-3-2-4-9(16)7-8/h2-4,7,16H,5-6H2,1H3. The van der Waals surface area contributed by atoms with Gasteiger partial charge in [0.15, 0.2) is 5.78 Å². The number of nitrogens with zero attached hydrogens (tertiary/aromatic N) is 2. The summed E-state index contributed by atoms with van der Waals surface area (Å²) in [6.07, 6.45) is 1.32. The third-order valence-corrected chi connectivity index (χ3v) is 3.15. The van der Waals surface area contributed by atoms with E-state index in [4.69, 9.17) is 0 Å². The Hall–Kier alpha value is -2.10. The molecule has 0 saturated carbocycles. The van der Waals surface area contributed by atoms with Crippen molar-refractivity contribution in [3.05, 3.63) is 35.5 Å². The van der Waals surface area contributed by atoms with Gasteiger partial charge in [-0.3, -0.25) is 9.48 Å². The molecule has 1 aliphatic carbocycles. The fraction of sp³-hybridized carbons (Fsp3) is 0.231. The van der Waals surface area contributed by atoms with Crippen LogP contribution in [0.15, 0.2) is 24.3 Å². The van der Waals surface area contributed by atoms with Gasteiger partial charge in [-0.25, -0.2) is 0 Å². The minimum atomic E-state index is 0.145. The second kappa shape index (κ2) is 3.45. The molecular formula is C13H12N2O2. The van der Waals surface area contributed by atoms with E-state index in [0.29, 0.717) is 12.1 Å². The number of aromatic hydroxyl groups is 1. The highest BCUT2D eigenvalue weighted by atomic mass is 16.3. The molecule has 0 saturated heterocycles. The van der Waals surface area contributed by atoms with Crippen LogP contribution in [0.4, 0.5) is 0 Å². The van der Waals surface area contributed by atoms with E-state index in [2.05, 4.69) is 5.10 Å². The van der Waals surface area contributed by atoms with Crippen LogP contribution in [0, 0.1) is 0 Å². The van der Waals surface area contributed by atoms with E-state index < -0.39 is 0 Å². The van der Waals surface area contributed by atoms with Crippen LogP contribution in [-0.4, -0.2) is 20.7 Å². The van der Waals surface area contributed by atoms with Crippen LogP contribution in [-0.2, 0) is 13.5 Å². The summed E-state index contributed by atoms with van der Waals surface area (Å²) in [5.41, 5.74) is 3.18. The second-order valence-electron chi connectivity index (χ2n) is 4.27. The van der Waals surface area contributed by atoms with Gasteiger partial charge in [0, 0.05) is 24.7 Å². The minimum absolute atomic E-state index is 0.145. The molecule has 17 heavy (non-hydrogen) atoms. The Balaban J connectivity index is 2.23. The Morgan fingerprint density at radius 3 is 2.94 bits per heavy atom. The first-order chi connectivity index (χ1) is 8.16. The first-order valence-electron chi connectivity index (χ1n) is 5.55. The molecule has 0 unspecified atom stereocenters. The van der Waals surface area contributed by atoms with Gasteiger partial charge < -0.3 is 5.11 Å². The highest BCUT2D eigenvalue weighted by Crippen LogP contribution is 2.32. The number of hydrogen-bond acceptors (Lipinski definition) is 3. The Labute approximate surface area is 98.5 Å². The highest BCUT2D eigenvalue weighted by molar-refractivity contribution is 6.05. The van der Waals surface area contributed by atoms with Crippen LogP contribution >= 0.6 is 0 Å². The van der Waals surface area contributed by atoms with E-state index in [1.807, 2.05) is 13.1 Å². The number of hydrogen-bond donors (Lipinski definition) is 1. The Morgan fingerprint density at radius 2 is 2.18 bits per heavy atom. The van der Waals surface area contributed by atoms with Crippen molar-refractivity contribution >= 4 is 5.78 Å². The maximum absolute atomic E-state index is 11.8. The van der Waals surface area contributed by atoms with Crippen molar-refractivity contribution in [1.82, 2.24) is 9.78 Å². The van der Waals surface area contributed by atoms with E-state index in [9.17, 15) is 9.90 Å². The quantitative estimate of drug-likeness (QED) is 0.811. The smallest absolute Gasteiger partial charge is 0.167 e. The van der Waals surface area contributed by atoms with E-state index >= 15 is 0 Å². The number of phenolic OH excluding ortho intramolecular Hbond substituents is 1. The van der Waals surface area contributed by atoms with Gasteiger partial charge in [-0.05, 0) is 18.6 Å². The molecule has 0 spiro atoms. The van der Waals surface area contributed by atoms with Crippen LogP contribution in [0.5, 0.6) is 5.75 Å². The maximum Gasteiger partial charge on any atom is 0.167 e. The molecule has 4 heteroatoms. The van der Waals surface area contributed by atoms with Crippen LogP contribution in [0.1, 0.15) is 22.5 Å². The van der Waals surface area contributed by atoms with Crippen molar-refractivity contribution in [3.8, 4) is 17.0 Å². The number of carbonyl (C=O) groups excluding carboxylic acids is 1. The number of benzene rings is 1. The summed E-state index contributed by atoms with van der Waals surface area (Å²) < 4.78 is 1.76. The molecule has 1 aromatic heterocycles. The average Bonchev–Trinajstić information content (AvgIpc) is 2.82. The molecule has 1 aromatic carbocycles. The summed E-state index contributed by atoms with van der Waals surface area (Å²) in [7, 11) is 1.85. The zero-order valence-corrected chi connectivity index (χ0v) is 9.47. The highest BCUT2D eigenvalue weighted by Gasteiger charge is 2.28. The average molecular weight is 228 g/mol. The van der Waals surface area contributed by atoms with Gasteiger partial charge >= 0.3 is 0 Å². The summed E-state index contributed by atoms with van der Waals surface area (Å²) in [6.45, 7) is 0. The lowest BCUT2D eigenvalue weighted by molar-refractivity contribution is 0.0995. The lowest BCUT2D eigenvalue weighted by Crippen LogP contribution is -1.96. The lowest BCUT2D eigenvalue weighted by Gasteiger charge is -2.00. The van der Waals surface area contributed by atoms with Gasteiger partial charge in [-0.15, -0.1) is 0 Å². The number of aromatic nitrogens is 2. The summed E-state index contributed by atoms with van der Waals surface area (Å²) in [5, 5.41) is 13.9. The van der Waals surface area contributed by atoms with Gasteiger partial charge in [0.2, 0.25) is 0 Å². The van der Waals surface area contributed by atoms with Gasteiger partial charge in [-0.2, -0.15) is 5.10 Å². The Kier molecular flexibility index (Phi) is 2.04. The summed E-state index contributed by atoms with van der Waals surface area (Å²) >= 11 is 0. The molecule has 0 atom stereocenters. The zero-order chi connectivity index (χ0) is 12.0. The molecular weight excluding hydrogens is 216 g/mol. The summed E-state index contributed by atoms with van der Waals surface area (Å²) in [6, 6.07) is 6.85. The van der Waals surface area contributed by atoms with E-state index in [0.717, 1.165) is 23.2 Å². The number of carbonyl (C=O) groups is 1. The van der Waals surface area contributed by atoms with Crippen molar-refractivity contribution in [2.24, 2.45) is 7.05 Å². The maximum atomic E-state index is 11.8. The monoisotopic (exact) mass is 228 g/mol. The number of ketones is 1. The molecule has 1 heterocycles. The van der Waals surface area contributed by atoms with Crippen molar-refractivity contribution in [2.75, 3.05) is 0 Å². The predicted octanol–water partition coefficient (Wildman–Crippen LogP) is 1.92. The topological polar surface area (TPSA) is 55.1 Å². The largest absolute Gasteiger partial charge is 0.508 e. The number of fused-ring (bicyclic) bond motifs is 1. The van der Waals surface area contributed by atoms with Gasteiger partial charge in [0.1, 0.15) is 11.4 Å². The molecule has 2 aromatic rings. The van der Waals surface area contributed by atoms with E-state index in [1.165, 1.54) is 0 Å².